The highest BCUT2D eigenvalue weighted by Crippen LogP contribution is 2.47. The van der Waals surface area contributed by atoms with Crippen molar-refractivity contribution in [2.75, 3.05) is 30.4 Å². The van der Waals surface area contributed by atoms with Gasteiger partial charge < -0.3 is 25.0 Å². The summed E-state index contributed by atoms with van der Waals surface area (Å²) in [5.74, 6) is 0.967. The number of benzene rings is 2. The van der Waals surface area contributed by atoms with Crippen LogP contribution in [0, 0.1) is 0 Å². The van der Waals surface area contributed by atoms with E-state index in [1.54, 1.807) is 6.20 Å². The van der Waals surface area contributed by atoms with E-state index >= 15 is 0 Å². The Morgan fingerprint density at radius 3 is 2.82 bits per heavy atom. The third kappa shape index (κ3) is 5.15. The Balaban J connectivity index is 1.35. The number of anilines is 4. The Bertz CT molecular complexity index is 1410. The van der Waals surface area contributed by atoms with E-state index in [0.29, 0.717) is 23.3 Å². The van der Waals surface area contributed by atoms with Gasteiger partial charge in [0.1, 0.15) is 10.8 Å². The van der Waals surface area contributed by atoms with E-state index in [4.69, 9.17) is 21.3 Å². The van der Waals surface area contributed by atoms with Gasteiger partial charge in [-0.15, -0.1) is 0 Å². The summed E-state index contributed by atoms with van der Waals surface area (Å²) >= 11 is 6.66. The third-order valence-electron chi connectivity index (χ3n) is 8.22. The first-order chi connectivity index (χ1) is 18.8. The van der Waals surface area contributed by atoms with E-state index in [1.165, 1.54) is 24.0 Å². The van der Waals surface area contributed by atoms with E-state index < -0.39 is 11.4 Å². The van der Waals surface area contributed by atoms with Gasteiger partial charge in [-0.2, -0.15) is 4.98 Å². The Morgan fingerprint density at radius 1 is 1.23 bits per heavy atom. The molecule has 2 N–H and O–H groups in total. The molecule has 0 spiro atoms. The summed E-state index contributed by atoms with van der Waals surface area (Å²) in [5, 5.41) is 13.5. The largest absolute Gasteiger partial charge is 0.488 e. The Kier molecular flexibility index (Phi) is 6.85. The number of para-hydroxylation sites is 1. The van der Waals surface area contributed by atoms with Crippen molar-refractivity contribution in [3.8, 4) is 5.75 Å². The Morgan fingerprint density at radius 2 is 2.03 bits per heavy atom. The topological polar surface area (TPSA) is 90.8 Å². The number of ether oxygens (including phenoxy) is 1. The van der Waals surface area contributed by atoms with Crippen LogP contribution in [0.5, 0.6) is 5.75 Å². The van der Waals surface area contributed by atoms with Crippen LogP contribution >= 0.6 is 11.6 Å². The van der Waals surface area contributed by atoms with Gasteiger partial charge in [0.25, 0.3) is 0 Å². The number of carboxylic acids is 1. The molecule has 2 aliphatic heterocycles. The average molecular weight is 548 g/mol. The minimum atomic E-state index is -0.835. The first kappa shape index (κ1) is 25.9. The van der Waals surface area contributed by atoms with Gasteiger partial charge in [-0.05, 0) is 74.0 Å². The highest BCUT2D eigenvalue weighted by molar-refractivity contribution is 6.33. The van der Waals surface area contributed by atoms with Crippen molar-refractivity contribution >= 4 is 40.7 Å². The lowest BCUT2D eigenvalue weighted by Gasteiger charge is -2.27. The molecule has 1 unspecified atom stereocenters. The number of fused-ring (bicyclic) bond motifs is 2. The van der Waals surface area contributed by atoms with Crippen LogP contribution < -0.4 is 15.0 Å². The number of likely N-dealkylation sites (N-methyl/N-ethyl adjacent to an activating group) is 1. The molecule has 204 valence electrons. The van der Waals surface area contributed by atoms with E-state index in [2.05, 4.69) is 34.4 Å². The van der Waals surface area contributed by atoms with Gasteiger partial charge in [0.05, 0.1) is 24.4 Å². The molecule has 1 saturated carbocycles. The fraction of sp³-hybridized carbons (Fsp3) is 0.433. The molecular formula is C30H34ClN5O3. The van der Waals surface area contributed by atoms with Gasteiger partial charge >= 0.3 is 5.97 Å². The lowest BCUT2D eigenvalue weighted by Crippen LogP contribution is -2.31. The number of carbonyl (C=O) groups is 1. The zero-order chi connectivity index (χ0) is 27.1. The maximum absolute atomic E-state index is 11.7. The van der Waals surface area contributed by atoms with Crippen LogP contribution in [0.4, 0.5) is 23.1 Å². The van der Waals surface area contributed by atoms with Crippen LogP contribution in [-0.4, -0.2) is 52.2 Å². The van der Waals surface area contributed by atoms with E-state index in [-0.39, 0.29) is 12.5 Å². The number of aromatic nitrogens is 2. The van der Waals surface area contributed by atoms with Gasteiger partial charge in [-0.3, -0.25) is 4.79 Å². The molecule has 2 aromatic carbocycles. The zero-order valence-electron chi connectivity index (χ0n) is 22.4. The molecule has 8 nitrogen and oxygen atoms in total. The second kappa shape index (κ2) is 10.3. The van der Waals surface area contributed by atoms with Crippen LogP contribution in [0.15, 0.2) is 42.6 Å². The number of nitrogens with one attached hydrogen (secondary N) is 1. The predicted octanol–water partition coefficient (Wildman–Crippen LogP) is 6.07. The smallest absolute Gasteiger partial charge is 0.304 e. The molecule has 0 radical (unpaired) electrons. The summed E-state index contributed by atoms with van der Waals surface area (Å²) in [6, 6.07) is 12.2. The van der Waals surface area contributed by atoms with Crippen molar-refractivity contribution in [1.29, 1.82) is 0 Å². The number of rotatable bonds is 7. The number of aliphatic carboxylic acids is 1. The third-order valence-corrected chi connectivity index (χ3v) is 8.49. The number of nitrogens with zero attached hydrogens (tertiary/aromatic N) is 4. The normalized spacial score (nSPS) is 21.1. The van der Waals surface area contributed by atoms with Gasteiger partial charge in [-0.25, -0.2) is 4.98 Å². The van der Waals surface area contributed by atoms with Gasteiger partial charge in [0.15, 0.2) is 5.82 Å². The van der Waals surface area contributed by atoms with Crippen LogP contribution in [0.2, 0.25) is 5.02 Å². The monoisotopic (exact) mass is 547 g/mol. The SMILES string of the molecule is CN1CCc2cc(OC3CCCC3)c(Nc3ncc(Cl)c(N4CC(C)(CC(=O)O)c5ccccc54)n3)cc2C1. The molecule has 0 saturated heterocycles. The maximum Gasteiger partial charge on any atom is 0.304 e. The van der Waals surface area contributed by atoms with E-state index in [9.17, 15) is 9.90 Å². The first-order valence-corrected chi connectivity index (χ1v) is 14.1. The molecular weight excluding hydrogens is 514 g/mol. The lowest BCUT2D eigenvalue weighted by molar-refractivity contribution is -0.138. The van der Waals surface area contributed by atoms with Crippen molar-refractivity contribution in [1.82, 2.24) is 14.9 Å². The van der Waals surface area contributed by atoms with Crippen LogP contribution in [-0.2, 0) is 23.2 Å². The fourth-order valence-electron chi connectivity index (χ4n) is 6.25. The minimum Gasteiger partial charge on any atom is -0.488 e. The first-order valence-electron chi connectivity index (χ1n) is 13.7. The molecule has 6 rings (SSSR count). The predicted molar refractivity (Wildman–Crippen MR) is 153 cm³/mol. The summed E-state index contributed by atoms with van der Waals surface area (Å²) in [6.07, 6.45) is 7.39. The van der Waals surface area contributed by atoms with Crippen molar-refractivity contribution in [3.63, 3.8) is 0 Å². The Hall–Kier alpha value is -3.36. The zero-order valence-corrected chi connectivity index (χ0v) is 23.2. The number of halogens is 1. The second-order valence-corrected chi connectivity index (χ2v) is 11.8. The van der Waals surface area contributed by atoms with E-state index in [1.807, 2.05) is 36.1 Å². The molecule has 0 bridgehead atoms. The molecule has 9 heteroatoms. The quantitative estimate of drug-likeness (QED) is 0.368. The summed E-state index contributed by atoms with van der Waals surface area (Å²) in [7, 11) is 2.14. The second-order valence-electron chi connectivity index (χ2n) is 11.4. The maximum atomic E-state index is 11.7. The summed E-state index contributed by atoms with van der Waals surface area (Å²) < 4.78 is 6.51. The molecule has 1 atom stereocenters. The van der Waals surface area contributed by atoms with Gasteiger partial charge in [0.2, 0.25) is 5.95 Å². The summed E-state index contributed by atoms with van der Waals surface area (Å²) in [5.41, 5.74) is 4.77. The molecule has 1 aliphatic carbocycles. The standard InChI is InChI=1S/C30H34ClN5O3/c1-30(15-27(37)38)18-36(25-10-6-5-9-22(25)30)28-23(31)16-32-29(34-28)33-24-13-20-17-35(2)12-11-19(20)14-26(24)39-21-7-3-4-8-21/h5-6,9-10,13-14,16,21H,3-4,7-8,11-12,15,17-18H2,1-2H3,(H,37,38)(H,32,33,34). The van der Waals surface area contributed by atoms with Crippen molar-refractivity contribution in [3.05, 3.63) is 64.3 Å². The highest BCUT2D eigenvalue weighted by atomic mass is 35.5. The molecule has 1 aromatic heterocycles. The minimum absolute atomic E-state index is 0.0137. The number of hydrogen-bond acceptors (Lipinski definition) is 7. The van der Waals surface area contributed by atoms with Crippen molar-refractivity contribution in [2.45, 2.75) is 63.5 Å². The lowest BCUT2D eigenvalue weighted by atomic mass is 9.81. The van der Waals surface area contributed by atoms with E-state index in [0.717, 1.165) is 55.0 Å². The van der Waals surface area contributed by atoms with Gasteiger partial charge in [0, 0.05) is 30.7 Å². The summed E-state index contributed by atoms with van der Waals surface area (Å²) in [6.45, 7) is 4.35. The number of carboxylic acid groups (broad SMARTS) is 1. The van der Waals surface area contributed by atoms with Crippen LogP contribution in [0.25, 0.3) is 0 Å². The van der Waals surface area contributed by atoms with Crippen LogP contribution in [0.1, 0.15) is 55.7 Å². The molecule has 1 fully saturated rings. The average Bonchev–Trinajstić information content (AvgIpc) is 3.51. The Labute approximate surface area is 234 Å². The van der Waals surface area contributed by atoms with Crippen LogP contribution in [0.3, 0.4) is 0 Å². The molecule has 3 heterocycles. The molecule has 3 aromatic rings. The highest BCUT2D eigenvalue weighted by Gasteiger charge is 2.42. The fourth-order valence-corrected chi connectivity index (χ4v) is 6.44. The summed E-state index contributed by atoms with van der Waals surface area (Å²) in [4.78, 5) is 25.4. The molecule has 0 amide bonds. The molecule has 39 heavy (non-hydrogen) atoms. The molecule has 3 aliphatic rings. The van der Waals surface area contributed by atoms with Gasteiger partial charge in [-0.1, -0.05) is 36.7 Å². The van der Waals surface area contributed by atoms with Crippen molar-refractivity contribution < 1.29 is 14.6 Å². The number of hydrogen-bond donors (Lipinski definition) is 2. The van der Waals surface area contributed by atoms with Crippen molar-refractivity contribution in [2.24, 2.45) is 0 Å².